The number of aromatic nitrogens is 2. The van der Waals surface area contributed by atoms with Crippen LogP contribution in [0, 0.1) is 0 Å². The number of aryl methyl sites for hydroxylation is 1. The number of hydrogen-bond acceptors (Lipinski definition) is 3. The molecule has 0 fully saturated rings. The van der Waals surface area contributed by atoms with Gasteiger partial charge in [0.1, 0.15) is 0 Å². The van der Waals surface area contributed by atoms with Crippen LogP contribution in [0.5, 0.6) is 11.6 Å². The molecule has 1 heterocycles. The van der Waals surface area contributed by atoms with E-state index in [4.69, 9.17) is 27.9 Å². The quantitative estimate of drug-likeness (QED) is 0.621. The van der Waals surface area contributed by atoms with Gasteiger partial charge >= 0.3 is 0 Å². The molecular weight excluding hydrogens is 391 g/mol. The molecule has 3 rings (SSSR count). The number of nitrogens with zero attached hydrogens (tertiary/aromatic N) is 2. The van der Waals surface area contributed by atoms with Crippen LogP contribution >= 0.6 is 39.1 Å². The van der Waals surface area contributed by atoms with Gasteiger partial charge in [-0.15, -0.1) is 5.10 Å². The molecule has 3 aromatic rings. The lowest BCUT2D eigenvalue weighted by molar-refractivity contribution is 0.448. The smallest absolute Gasteiger partial charge is 0.274 e. The average molecular weight is 400 g/mol. The number of hydrogen-bond donors (Lipinski definition) is 0. The minimum absolute atomic E-state index is 0.198. The van der Waals surface area contributed by atoms with Crippen molar-refractivity contribution in [1.82, 2.24) is 9.78 Å². The van der Waals surface area contributed by atoms with Crippen molar-refractivity contribution in [3.63, 3.8) is 0 Å². The molecule has 0 bridgehead atoms. The van der Waals surface area contributed by atoms with Gasteiger partial charge in [0, 0.05) is 11.5 Å². The first-order chi connectivity index (χ1) is 10.5. The molecule has 7 heteroatoms. The number of ether oxygens (including phenoxy) is 1. The number of fused-ring (bicyclic) bond motifs is 1. The van der Waals surface area contributed by atoms with Gasteiger partial charge in [-0.25, -0.2) is 4.68 Å². The zero-order valence-corrected chi connectivity index (χ0v) is 14.4. The first kappa shape index (κ1) is 15.3. The van der Waals surface area contributed by atoms with E-state index in [9.17, 15) is 4.79 Å². The lowest BCUT2D eigenvalue weighted by Crippen LogP contribution is -2.20. The molecule has 0 N–H and O–H groups in total. The van der Waals surface area contributed by atoms with Gasteiger partial charge < -0.3 is 4.74 Å². The van der Waals surface area contributed by atoms with Gasteiger partial charge in [-0.2, -0.15) is 0 Å². The molecule has 0 spiro atoms. The summed E-state index contributed by atoms with van der Waals surface area (Å²) < 4.78 is 7.75. The number of rotatable bonds is 2. The molecule has 0 aliphatic carbocycles. The summed E-state index contributed by atoms with van der Waals surface area (Å²) in [5, 5.41) is 5.96. The topological polar surface area (TPSA) is 44.1 Å². The van der Waals surface area contributed by atoms with Gasteiger partial charge in [0.05, 0.1) is 20.8 Å². The predicted molar refractivity (Wildman–Crippen MR) is 91.2 cm³/mol. The molecule has 0 saturated heterocycles. The molecule has 0 aliphatic heterocycles. The third-order valence-electron chi connectivity index (χ3n) is 3.08. The molecule has 0 radical (unpaired) electrons. The van der Waals surface area contributed by atoms with Crippen molar-refractivity contribution in [1.29, 1.82) is 0 Å². The number of halogens is 3. The van der Waals surface area contributed by atoms with Crippen molar-refractivity contribution in [2.45, 2.75) is 0 Å². The van der Waals surface area contributed by atoms with Crippen molar-refractivity contribution in [3.05, 3.63) is 61.3 Å². The standard InChI is InChI=1S/C15H9BrCl2N2O2/c1-20-15(21)10-5-3-2-4-9(10)14(19-20)22-13-11(17)6-8(16)7-12(13)18/h2-7H,1H3. The molecule has 1 aromatic heterocycles. The molecule has 0 aliphatic rings. The molecule has 0 saturated carbocycles. The third-order valence-corrected chi connectivity index (χ3v) is 4.10. The maximum Gasteiger partial charge on any atom is 0.274 e. The third kappa shape index (κ3) is 2.72. The minimum atomic E-state index is -0.198. The second kappa shape index (κ2) is 5.91. The van der Waals surface area contributed by atoms with E-state index in [1.54, 1.807) is 43.4 Å². The van der Waals surface area contributed by atoms with E-state index < -0.39 is 0 Å². The predicted octanol–water partition coefficient (Wildman–Crippen LogP) is 4.80. The van der Waals surface area contributed by atoms with Gasteiger partial charge in [0.2, 0.25) is 5.88 Å². The lowest BCUT2D eigenvalue weighted by Gasteiger charge is -2.12. The summed E-state index contributed by atoms with van der Waals surface area (Å²) in [5.74, 6) is 0.562. The fourth-order valence-corrected chi connectivity index (χ4v) is 3.35. The lowest BCUT2D eigenvalue weighted by atomic mass is 10.2. The van der Waals surface area contributed by atoms with Crippen LogP contribution in [0.1, 0.15) is 0 Å². The second-order valence-electron chi connectivity index (χ2n) is 4.58. The van der Waals surface area contributed by atoms with Gasteiger partial charge in [0.25, 0.3) is 5.56 Å². The Morgan fingerprint density at radius 3 is 2.36 bits per heavy atom. The summed E-state index contributed by atoms with van der Waals surface area (Å²) >= 11 is 15.7. The van der Waals surface area contributed by atoms with Crippen LogP contribution in [0.3, 0.4) is 0 Å². The van der Waals surface area contributed by atoms with E-state index in [1.165, 1.54) is 4.68 Å². The highest BCUT2D eigenvalue weighted by Crippen LogP contribution is 2.39. The van der Waals surface area contributed by atoms with Crippen molar-refractivity contribution < 1.29 is 4.74 Å². The monoisotopic (exact) mass is 398 g/mol. The van der Waals surface area contributed by atoms with Crippen LogP contribution in [0.25, 0.3) is 10.8 Å². The Morgan fingerprint density at radius 2 is 1.73 bits per heavy atom. The van der Waals surface area contributed by atoms with Gasteiger partial charge in [-0.3, -0.25) is 4.79 Å². The Kier molecular flexibility index (Phi) is 4.12. The maximum absolute atomic E-state index is 12.1. The van der Waals surface area contributed by atoms with Crippen LogP contribution in [-0.2, 0) is 7.05 Å². The molecular formula is C15H9BrCl2N2O2. The first-order valence-electron chi connectivity index (χ1n) is 6.26. The van der Waals surface area contributed by atoms with E-state index in [1.807, 2.05) is 0 Å². The Balaban J connectivity index is 2.21. The fraction of sp³-hybridized carbons (Fsp3) is 0.0667. The largest absolute Gasteiger partial charge is 0.434 e. The maximum atomic E-state index is 12.1. The number of benzene rings is 2. The SMILES string of the molecule is Cn1nc(Oc2c(Cl)cc(Br)cc2Cl)c2ccccc2c1=O. The zero-order valence-electron chi connectivity index (χ0n) is 11.3. The summed E-state index contributed by atoms with van der Waals surface area (Å²) in [6.07, 6.45) is 0. The van der Waals surface area contributed by atoms with Crippen LogP contribution < -0.4 is 10.3 Å². The molecule has 4 nitrogen and oxygen atoms in total. The fourth-order valence-electron chi connectivity index (χ4n) is 2.06. The zero-order chi connectivity index (χ0) is 15.9. The second-order valence-corrected chi connectivity index (χ2v) is 6.31. The summed E-state index contributed by atoms with van der Waals surface area (Å²) in [5.41, 5.74) is -0.198. The molecule has 2 aromatic carbocycles. The van der Waals surface area contributed by atoms with Crippen LogP contribution in [0.15, 0.2) is 45.7 Å². The summed E-state index contributed by atoms with van der Waals surface area (Å²) in [6, 6.07) is 10.4. The van der Waals surface area contributed by atoms with E-state index in [2.05, 4.69) is 21.0 Å². The van der Waals surface area contributed by atoms with E-state index in [0.717, 1.165) is 4.47 Å². The van der Waals surface area contributed by atoms with Crippen molar-refractivity contribution in [3.8, 4) is 11.6 Å². The van der Waals surface area contributed by atoms with E-state index in [0.29, 0.717) is 26.6 Å². The van der Waals surface area contributed by atoms with Crippen LogP contribution in [-0.4, -0.2) is 9.78 Å². The molecule has 112 valence electrons. The molecule has 0 unspecified atom stereocenters. The molecule has 22 heavy (non-hydrogen) atoms. The van der Waals surface area contributed by atoms with Crippen LogP contribution in [0.4, 0.5) is 0 Å². The van der Waals surface area contributed by atoms with Gasteiger partial charge in [0.15, 0.2) is 5.75 Å². The summed E-state index contributed by atoms with van der Waals surface area (Å²) in [6.45, 7) is 0. The van der Waals surface area contributed by atoms with Crippen molar-refractivity contribution >= 4 is 49.9 Å². The first-order valence-corrected chi connectivity index (χ1v) is 7.80. The van der Waals surface area contributed by atoms with E-state index >= 15 is 0 Å². The Bertz CT molecular complexity index is 917. The van der Waals surface area contributed by atoms with Crippen molar-refractivity contribution in [2.24, 2.45) is 7.05 Å². The van der Waals surface area contributed by atoms with Crippen molar-refractivity contribution in [2.75, 3.05) is 0 Å². The highest BCUT2D eigenvalue weighted by molar-refractivity contribution is 9.10. The molecule has 0 amide bonds. The van der Waals surface area contributed by atoms with E-state index in [-0.39, 0.29) is 11.4 Å². The Hall–Kier alpha value is -1.56. The molecule has 0 atom stereocenters. The Labute approximate surface area is 144 Å². The highest BCUT2D eigenvalue weighted by atomic mass is 79.9. The van der Waals surface area contributed by atoms with Gasteiger partial charge in [-0.05, 0) is 24.3 Å². The average Bonchev–Trinajstić information content (AvgIpc) is 2.47. The highest BCUT2D eigenvalue weighted by Gasteiger charge is 2.15. The normalized spacial score (nSPS) is 10.9. The van der Waals surface area contributed by atoms with Gasteiger partial charge in [-0.1, -0.05) is 51.3 Å². The van der Waals surface area contributed by atoms with Crippen LogP contribution in [0.2, 0.25) is 10.0 Å². The summed E-state index contributed by atoms with van der Waals surface area (Å²) in [7, 11) is 1.56. The summed E-state index contributed by atoms with van der Waals surface area (Å²) in [4.78, 5) is 12.1. The Morgan fingerprint density at radius 1 is 1.14 bits per heavy atom. The minimum Gasteiger partial charge on any atom is -0.434 e.